The Balaban J connectivity index is 2.16. The summed E-state index contributed by atoms with van der Waals surface area (Å²) in [4.78, 5) is 12.9. The minimum Gasteiger partial charge on any atom is -0.391 e. The summed E-state index contributed by atoms with van der Waals surface area (Å²) in [5.74, 6) is -0.0802. The van der Waals surface area contributed by atoms with E-state index in [4.69, 9.17) is 18.0 Å². The number of nitrogens with two attached hydrogens (primary N) is 1. The smallest absolute Gasteiger partial charge is 0.252 e. The van der Waals surface area contributed by atoms with E-state index in [9.17, 15) is 4.79 Å². The van der Waals surface area contributed by atoms with Crippen molar-refractivity contribution in [3.63, 3.8) is 0 Å². The molecule has 1 saturated carbocycles. The van der Waals surface area contributed by atoms with E-state index in [1.807, 2.05) is 31.2 Å². The number of hydrogen-bond donors (Lipinski definition) is 2. The predicted molar refractivity (Wildman–Crippen MR) is 90.5 cm³/mol. The normalized spacial score (nSPS) is 18.3. The van der Waals surface area contributed by atoms with Gasteiger partial charge < -0.3 is 11.1 Å². The highest BCUT2D eigenvalue weighted by atomic mass is 32.1. The first-order valence-electron chi connectivity index (χ1n) is 7.73. The summed E-state index contributed by atoms with van der Waals surface area (Å²) in [6.07, 6.45) is 7.45. The van der Waals surface area contributed by atoms with Crippen LogP contribution in [0.5, 0.6) is 0 Å². The van der Waals surface area contributed by atoms with Gasteiger partial charge in [-0.2, -0.15) is 0 Å². The summed E-state index contributed by atoms with van der Waals surface area (Å²) < 4.78 is 0. The predicted octanol–water partition coefficient (Wildman–Crippen LogP) is 3.49. The van der Waals surface area contributed by atoms with Crippen molar-refractivity contribution in [3.05, 3.63) is 35.4 Å². The van der Waals surface area contributed by atoms with Crippen LogP contribution in [0.15, 0.2) is 24.3 Å². The molecule has 0 aliphatic heterocycles. The average molecular weight is 304 g/mol. The number of nitrogens with one attached hydrogen (secondary N) is 1. The lowest BCUT2D eigenvalue weighted by Crippen LogP contribution is -2.57. The maximum Gasteiger partial charge on any atom is 0.252 e. The Kier molecular flexibility index (Phi) is 5.34. The molecule has 1 amide bonds. The molecule has 0 spiro atoms. The lowest BCUT2D eigenvalue weighted by molar-refractivity contribution is 0.0913. The van der Waals surface area contributed by atoms with Gasteiger partial charge in [0.15, 0.2) is 0 Å². The maximum atomic E-state index is 12.5. The molecule has 1 aromatic carbocycles. The zero-order valence-corrected chi connectivity index (χ0v) is 13.5. The monoisotopic (exact) mass is 304 g/mol. The zero-order chi connectivity index (χ0) is 15.3. The third kappa shape index (κ3) is 4.03. The van der Waals surface area contributed by atoms with Crippen LogP contribution in [0, 0.1) is 6.92 Å². The van der Waals surface area contributed by atoms with Gasteiger partial charge in [-0.1, -0.05) is 62.0 Å². The van der Waals surface area contributed by atoms with E-state index in [2.05, 4.69) is 5.32 Å². The Bertz CT molecular complexity index is 502. The molecular weight excluding hydrogens is 280 g/mol. The average Bonchev–Trinajstić information content (AvgIpc) is 2.42. The molecule has 2 rings (SSSR count). The van der Waals surface area contributed by atoms with Crippen LogP contribution in [0.25, 0.3) is 0 Å². The lowest BCUT2D eigenvalue weighted by atomic mass is 9.83. The first-order valence-corrected chi connectivity index (χ1v) is 8.13. The Hall–Kier alpha value is -1.42. The molecule has 3 nitrogen and oxygen atoms in total. The van der Waals surface area contributed by atoms with E-state index in [1.165, 1.54) is 19.3 Å². The molecule has 0 bridgehead atoms. The van der Waals surface area contributed by atoms with E-state index >= 15 is 0 Å². The Morgan fingerprint density at radius 1 is 1.10 bits per heavy atom. The summed E-state index contributed by atoms with van der Waals surface area (Å²) in [5, 5.41) is 3.13. The van der Waals surface area contributed by atoms with Crippen LogP contribution in [-0.4, -0.2) is 16.4 Å². The molecule has 114 valence electrons. The van der Waals surface area contributed by atoms with Gasteiger partial charge in [-0.3, -0.25) is 4.79 Å². The van der Waals surface area contributed by atoms with Crippen molar-refractivity contribution >= 4 is 23.1 Å². The second-order valence-corrected chi connectivity index (χ2v) is 6.47. The molecule has 0 heterocycles. The summed E-state index contributed by atoms with van der Waals surface area (Å²) >= 11 is 5.28. The molecule has 1 aliphatic carbocycles. The van der Waals surface area contributed by atoms with E-state index in [0.717, 1.165) is 31.2 Å². The summed E-state index contributed by atoms with van der Waals surface area (Å²) in [5.41, 5.74) is 7.28. The second kappa shape index (κ2) is 7.03. The van der Waals surface area contributed by atoms with E-state index in [0.29, 0.717) is 10.6 Å². The number of benzene rings is 1. The van der Waals surface area contributed by atoms with Crippen molar-refractivity contribution in [2.75, 3.05) is 0 Å². The van der Waals surface area contributed by atoms with Gasteiger partial charge in [0, 0.05) is 5.56 Å². The van der Waals surface area contributed by atoms with E-state index in [1.54, 1.807) is 0 Å². The summed E-state index contributed by atoms with van der Waals surface area (Å²) in [6, 6.07) is 7.59. The number of carbonyl (C=O) groups excluding carboxylic acids is 1. The largest absolute Gasteiger partial charge is 0.391 e. The second-order valence-electron chi connectivity index (χ2n) is 6.03. The minimum absolute atomic E-state index is 0.0802. The van der Waals surface area contributed by atoms with Crippen molar-refractivity contribution in [1.82, 2.24) is 5.32 Å². The van der Waals surface area contributed by atoms with Gasteiger partial charge in [-0.15, -0.1) is 0 Å². The zero-order valence-electron chi connectivity index (χ0n) is 12.7. The molecular formula is C17H24N2OS. The molecule has 4 heteroatoms. The van der Waals surface area contributed by atoms with Crippen LogP contribution in [0.2, 0.25) is 0 Å². The van der Waals surface area contributed by atoms with Gasteiger partial charge in [0.1, 0.15) is 0 Å². The molecule has 0 saturated heterocycles. The van der Waals surface area contributed by atoms with Gasteiger partial charge in [0.2, 0.25) is 0 Å². The maximum absolute atomic E-state index is 12.5. The Labute approximate surface area is 132 Å². The van der Waals surface area contributed by atoms with E-state index < -0.39 is 5.54 Å². The first-order chi connectivity index (χ1) is 10.0. The minimum atomic E-state index is -0.516. The number of amides is 1. The van der Waals surface area contributed by atoms with Crippen molar-refractivity contribution < 1.29 is 4.79 Å². The van der Waals surface area contributed by atoms with Crippen molar-refractivity contribution in [3.8, 4) is 0 Å². The molecule has 1 aromatic rings. The Morgan fingerprint density at radius 3 is 2.14 bits per heavy atom. The van der Waals surface area contributed by atoms with Crippen molar-refractivity contribution in [2.24, 2.45) is 5.73 Å². The van der Waals surface area contributed by atoms with Gasteiger partial charge in [-0.25, -0.2) is 0 Å². The third-order valence-corrected chi connectivity index (χ3v) is 4.74. The van der Waals surface area contributed by atoms with Crippen LogP contribution in [0.3, 0.4) is 0 Å². The highest BCUT2D eigenvalue weighted by Gasteiger charge is 2.35. The molecule has 1 fully saturated rings. The van der Waals surface area contributed by atoms with Crippen LogP contribution in [-0.2, 0) is 0 Å². The fourth-order valence-electron chi connectivity index (χ4n) is 2.94. The number of thiocarbonyl (C=S) groups is 1. The summed E-state index contributed by atoms with van der Waals surface area (Å²) in [7, 11) is 0. The molecule has 0 unspecified atom stereocenters. The number of carbonyl (C=O) groups is 1. The van der Waals surface area contributed by atoms with Crippen molar-refractivity contribution in [1.29, 1.82) is 0 Å². The lowest BCUT2D eigenvalue weighted by Gasteiger charge is -2.35. The molecule has 0 atom stereocenters. The van der Waals surface area contributed by atoms with Gasteiger partial charge in [0.05, 0.1) is 10.5 Å². The molecule has 21 heavy (non-hydrogen) atoms. The highest BCUT2D eigenvalue weighted by Crippen LogP contribution is 2.27. The number of rotatable bonds is 3. The fraction of sp³-hybridized carbons (Fsp3) is 0.529. The van der Waals surface area contributed by atoms with Crippen LogP contribution < -0.4 is 11.1 Å². The molecule has 0 radical (unpaired) electrons. The highest BCUT2D eigenvalue weighted by molar-refractivity contribution is 7.80. The first kappa shape index (κ1) is 16.0. The SMILES string of the molecule is Cc1ccc(C(=O)NC2(C(N)=S)CCCCCCC2)cc1. The van der Waals surface area contributed by atoms with Crippen LogP contribution >= 0.6 is 12.2 Å². The van der Waals surface area contributed by atoms with Gasteiger partial charge >= 0.3 is 0 Å². The van der Waals surface area contributed by atoms with Crippen LogP contribution in [0.1, 0.15) is 60.9 Å². The number of hydrogen-bond acceptors (Lipinski definition) is 2. The quantitative estimate of drug-likeness (QED) is 0.840. The van der Waals surface area contributed by atoms with Gasteiger partial charge in [0.25, 0.3) is 5.91 Å². The topological polar surface area (TPSA) is 55.1 Å². The van der Waals surface area contributed by atoms with Gasteiger partial charge in [-0.05, 0) is 31.9 Å². The molecule has 1 aliphatic rings. The summed E-state index contributed by atoms with van der Waals surface area (Å²) in [6.45, 7) is 2.01. The van der Waals surface area contributed by atoms with Crippen molar-refractivity contribution in [2.45, 2.75) is 57.4 Å². The van der Waals surface area contributed by atoms with Crippen LogP contribution in [0.4, 0.5) is 0 Å². The van der Waals surface area contributed by atoms with E-state index in [-0.39, 0.29) is 5.91 Å². The third-order valence-electron chi connectivity index (χ3n) is 4.35. The molecule has 0 aromatic heterocycles. The fourth-order valence-corrected chi connectivity index (χ4v) is 3.19. The standard InChI is InChI=1S/C17H24N2OS/c1-13-7-9-14(10-8-13)15(20)19-17(16(18)21)11-5-3-2-4-6-12-17/h7-10H,2-6,11-12H2,1H3,(H2,18,21)(H,19,20). The Morgan fingerprint density at radius 2 is 1.62 bits per heavy atom. The number of aryl methyl sites for hydroxylation is 1. The molecule has 3 N–H and O–H groups in total.